The highest BCUT2D eigenvalue weighted by atomic mass is 79.9. The number of aryl methyl sites for hydroxylation is 1. The van der Waals surface area contributed by atoms with Crippen LogP contribution in [-0.4, -0.2) is 20.5 Å². The minimum atomic E-state index is 0.0274. The molecule has 6 rings (SSSR count). The van der Waals surface area contributed by atoms with Crippen LogP contribution in [0.4, 0.5) is 5.82 Å². The summed E-state index contributed by atoms with van der Waals surface area (Å²) in [5, 5.41) is 11.8. The second-order valence-corrected chi connectivity index (χ2v) is 11.1. The van der Waals surface area contributed by atoms with E-state index in [1.165, 1.54) is 11.1 Å². The average Bonchev–Trinajstić information content (AvgIpc) is 3.35. The second kappa shape index (κ2) is 11.2. The Hall–Kier alpha value is -3.68. The monoisotopic (exact) mass is 599 g/mol. The molecule has 0 fully saturated rings. The molecule has 2 aromatic heterocycles. The summed E-state index contributed by atoms with van der Waals surface area (Å²) in [4.78, 5) is 17.7. The molecule has 0 bridgehead atoms. The molecule has 1 aliphatic rings. The summed E-state index contributed by atoms with van der Waals surface area (Å²) in [5.41, 5.74) is 7.16. The molecule has 0 radical (unpaired) electrons. The highest BCUT2D eigenvalue weighted by Gasteiger charge is 2.24. The molecule has 2 N–H and O–H groups in total. The molecule has 2 heterocycles. The largest absolute Gasteiger partial charge is 0.366 e. The molecule has 6 nitrogen and oxygen atoms in total. The van der Waals surface area contributed by atoms with Gasteiger partial charge in [0.2, 0.25) is 5.91 Å². The van der Waals surface area contributed by atoms with Crippen molar-refractivity contribution in [3.63, 3.8) is 0 Å². The van der Waals surface area contributed by atoms with Gasteiger partial charge in [-0.1, -0.05) is 78.3 Å². The van der Waals surface area contributed by atoms with Crippen LogP contribution in [0.5, 0.6) is 0 Å². The van der Waals surface area contributed by atoms with E-state index in [1.807, 2.05) is 42.5 Å². The number of benzene rings is 3. The van der Waals surface area contributed by atoms with Crippen molar-refractivity contribution < 1.29 is 4.79 Å². The van der Waals surface area contributed by atoms with E-state index in [4.69, 9.17) is 16.6 Å². The van der Waals surface area contributed by atoms with Crippen LogP contribution in [0.15, 0.2) is 89.5 Å². The standard InChI is InChI=1S/C31H27BrClN5O/c32-26-19-36-38-29(16-28(37-30(26)38)25-10-3-4-11-27(25)33)34-17-20-6-5-7-21(14-20)18-35-31(39)24-13-12-22-8-1-2-9-23(22)15-24/h1-11,14,16,19,24,34H,12-13,15,17-18H2,(H,35,39). The fourth-order valence-corrected chi connectivity index (χ4v) is 5.75. The Morgan fingerprint density at radius 3 is 2.59 bits per heavy atom. The summed E-state index contributed by atoms with van der Waals surface area (Å²) in [5.74, 6) is 0.958. The molecular weight excluding hydrogens is 574 g/mol. The van der Waals surface area contributed by atoms with E-state index in [0.717, 1.165) is 51.9 Å². The minimum absolute atomic E-state index is 0.0274. The molecule has 0 saturated heterocycles. The van der Waals surface area contributed by atoms with E-state index in [0.29, 0.717) is 23.8 Å². The van der Waals surface area contributed by atoms with E-state index >= 15 is 0 Å². The molecule has 0 saturated carbocycles. The van der Waals surface area contributed by atoms with Crippen molar-refractivity contribution in [2.24, 2.45) is 5.92 Å². The summed E-state index contributed by atoms with van der Waals surface area (Å²) in [7, 11) is 0. The molecule has 1 atom stereocenters. The normalized spacial score (nSPS) is 14.7. The van der Waals surface area contributed by atoms with Crippen molar-refractivity contribution in [2.75, 3.05) is 5.32 Å². The van der Waals surface area contributed by atoms with Crippen molar-refractivity contribution in [3.05, 3.63) is 117 Å². The fourth-order valence-electron chi connectivity index (χ4n) is 5.17. The maximum atomic E-state index is 12.9. The second-order valence-electron chi connectivity index (χ2n) is 9.83. The number of amides is 1. The maximum Gasteiger partial charge on any atom is 0.223 e. The first-order valence-electron chi connectivity index (χ1n) is 13.0. The van der Waals surface area contributed by atoms with Gasteiger partial charge < -0.3 is 10.6 Å². The van der Waals surface area contributed by atoms with E-state index in [2.05, 4.69) is 68.1 Å². The van der Waals surface area contributed by atoms with Crippen molar-refractivity contribution in [1.82, 2.24) is 19.9 Å². The fraction of sp³-hybridized carbons (Fsp3) is 0.194. The Morgan fingerprint density at radius 2 is 1.74 bits per heavy atom. The first-order valence-corrected chi connectivity index (χ1v) is 14.2. The van der Waals surface area contributed by atoms with Crippen LogP contribution in [0, 0.1) is 5.92 Å². The Morgan fingerprint density at radius 1 is 0.974 bits per heavy atom. The molecule has 8 heteroatoms. The zero-order chi connectivity index (χ0) is 26.8. The van der Waals surface area contributed by atoms with E-state index in [1.54, 1.807) is 10.7 Å². The molecule has 3 aromatic carbocycles. The zero-order valence-electron chi connectivity index (χ0n) is 21.2. The van der Waals surface area contributed by atoms with E-state index in [-0.39, 0.29) is 11.8 Å². The molecule has 1 amide bonds. The van der Waals surface area contributed by atoms with Crippen LogP contribution >= 0.6 is 27.5 Å². The third-order valence-electron chi connectivity index (χ3n) is 7.23. The number of anilines is 1. The molecule has 1 aliphatic carbocycles. The van der Waals surface area contributed by atoms with Gasteiger partial charge in [-0.05, 0) is 63.5 Å². The number of carbonyl (C=O) groups is 1. The van der Waals surface area contributed by atoms with Crippen LogP contribution in [-0.2, 0) is 30.7 Å². The summed E-state index contributed by atoms with van der Waals surface area (Å²) < 4.78 is 2.58. The predicted molar refractivity (Wildman–Crippen MR) is 159 cm³/mol. The van der Waals surface area contributed by atoms with Gasteiger partial charge in [-0.25, -0.2) is 4.98 Å². The molecule has 0 aliphatic heterocycles. The lowest BCUT2D eigenvalue weighted by Gasteiger charge is -2.23. The first kappa shape index (κ1) is 25.6. The summed E-state index contributed by atoms with van der Waals surface area (Å²) >= 11 is 10.0. The topological polar surface area (TPSA) is 71.3 Å². The lowest BCUT2D eigenvalue weighted by molar-refractivity contribution is -0.125. The number of nitrogens with zero attached hydrogens (tertiary/aromatic N) is 3. The zero-order valence-corrected chi connectivity index (χ0v) is 23.5. The van der Waals surface area contributed by atoms with Crippen molar-refractivity contribution in [3.8, 4) is 11.3 Å². The molecular formula is C31H27BrClN5O. The van der Waals surface area contributed by atoms with Gasteiger partial charge in [0.25, 0.3) is 0 Å². The van der Waals surface area contributed by atoms with E-state index in [9.17, 15) is 4.79 Å². The summed E-state index contributed by atoms with van der Waals surface area (Å²) in [6, 6.07) is 26.3. The highest BCUT2D eigenvalue weighted by Crippen LogP contribution is 2.30. The number of halogens is 2. The number of hydrogen-bond acceptors (Lipinski definition) is 4. The van der Waals surface area contributed by atoms with Gasteiger partial charge >= 0.3 is 0 Å². The lowest BCUT2D eigenvalue weighted by atomic mass is 9.83. The van der Waals surface area contributed by atoms with Crippen molar-refractivity contribution in [2.45, 2.75) is 32.4 Å². The first-order chi connectivity index (χ1) is 19.0. The van der Waals surface area contributed by atoms with E-state index < -0.39 is 0 Å². The van der Waals surface area contributed by atoms with Crippen molar-refractivity contribution >= 4 is 44.9 Å². The quantitative estimate of drug-likeness (QED) is 0.214. The number of nitrogens with one attached hydrogen (secondary N) is 2. The van der Waals surface area contributed by atoms with Crippen LogP contribution in [0.2, 0.25) is 5.02 Å². The predicted octanol–water partition coefficient (Wildman–Crippen LogP) is 6.85. The number of hydrogen-bond donors (Lipinski definition) is 2. The van der Waals surface area contributed by atoms with Gasteiger partial charge in [-0.15, -0.1) is 0 Å². The smallest absolute Gasteiger partial charge is 0.223 e. The number of carbonyl (C=O) groups excluding carboxylic acids is 1. The Balaban J connectivity index is 1.14. The molecule has 196 valence electrons. The SMILES string of the molecule is O=C(NCc1cccc(CNc2cc(-c3ccccc3Cl)nc3c(Br)cnn23)c1)C1CCc2ccccc2C1. The minimum Gasteiger partial charge on any atom is -0.366 e. The number of fused-ring (bicyclic) bond motifs is 2. The van der Waals surface area contributed by atoms with Crippen LogP contribution in [0.1, 0.15) is 28.7 Å². The Bertz CT molecular complexity index is 1670. The van der Waals surface area contributed by atoms with Gasteiger partial charge in [0.05, 0.1) is 16.4 Å². The van der Waals surface area contributed by atoms with Crippen LogP contribution < -0.4 is 10.6 Å². The van der Waals surface area contributed by atoms with Gasteiger partial charge in [-0.2, -0.15) is 9.61 Å². The number of aromatic nitrogens is 3. The van der Waals surface area contributed by atoms with Gasteiger partial charge in [0.15, 0.2) is 5.65 Å². The van der Waals surface area contributed by atoms with Gasteiger partial charge in [0.1, 0.15) is 5.82 Å². The van der Waals surface area contributed by atoms with Crippen molar-refractivity contribution in [1.29, 1.82) is 0 Å². The molecule has 39 heavy (non-hydrogen) atoms. The summed E-state index contributed by atoms with van der Waals surface area (Å²) in [6.45, 7) is 1.09. The molecule has 1 unspecified atom stereocenters. The summed E-state index contributed by atoms with van der Waals surface area (Å²) in [6.07, 6.45) is 4.40. The third-order valence-corrected chi connectivity index (χ3v) is 8.12. The molecule has 0 spiro atoms. The maximum absolute atomic E-state index is 12.9. The number of rotatable bonds is 7. The van der Waals surface area contributed by atoms with Gasteiger partial charge in [0, 0.05) is 35.7 Å². The Kier molecular flexibility index (Phi) is 7.35. The van der Waals surface area contributed by atoms with Crippen LogP contribution in [0.25, 0.3) is 16.9 Å². The molecule has 5 aromatic rings. The van der Waals surface area contributed by atoms with Gasteiger partial charge in [-0.3, -0.25) is 4.79 Å². The van der Waals surface area contributed by atoms with Crippen LogP contribution in [0.3, 0.4) is 0 Å². The Labute approximate surface area is 240 Å². The average molecular weight is 601 g/mol. The highest BCUT2D eigenvalue weighted by molar-refractivity contribution is 9.10. The third kappa shape index (κ3) is 5.56. The lowest BCUT2D eigenvalue weighted by Crippen LogP contribution is -2.33.